The largest absolute Gasteiger partial charge is 0.370 e. The van der Waals surface area contributed by atoms with Crippen LogP contribution in [0.15, 0.2) is 53.7 Å². The third kappa shape index (κ3) is 5.53. The zero-order valence-electron chi connectivity index (χ0n) is 14.2. The minimum Gasteiger partial charge on any atom is -0.370 e. The van der Waals surface area contributed by atoms with Crippen LogP contribution in [0.25, 0.3) is 0 Å². The summed E-state index contributed by atoms with van der Waals surface area (Å²) in [7, 11) is 0. The molecule has 1 saturated heterocycles. The fraction of sp³-hybridized carbons (Fsp3) is 0.368. The molecule has 1 fully saturated rings. The molecule has 0 amide bonds. The third-order valence-electron chi connectivity index (χ3n) is 4.39. The Hall–Kier alpha value is -2.47. The summed E-state index contributed by atoms with van der Waals surface area (Å²) in [6.07, 6.45) is 3.27. The Bertz CT molecular complexity index is 679. The quantitative estimate of drug-likeness (QED) is 0.647. The van der Waals surface area contributed by atoms with Crippen LogP contribution in [-0.2, 0) is 13.1 Å². The van der Waals surface area contributed by atoms with Crippen LogP contribution in [0.1, 0.15) is 24.1 Å². The van der Waals surface area contributed by atoms with E-state index in [2.05, 4.69) is 44.5 Å². The lowest BCUT2D eigenvalue weighted by Crippen LogP contribution is -2.46. The van der Waals surface area contributed by atoms with E-state index in [9.17, 15) is 4.39 Å². The predicted octanol–water partition coefficient (Wildman–Crippen LogP) is 2.29. The third-order valence-corrected chi connectivity index (χ3v) is 4.39. The van der Waals surface area contributed by atoms with Gasteiger partial charge in [0, 0.05) is 25.7 Å². The van der Waals surface area contributed by atoms with Crippen molar-refractivity contribution in [1.29, 1.82) is 0 Å². The molecule has 0 atom stereocenters. The number of hydrogen-bond donors (Lipinski definition) is 2. The van der Waals surface area contributed by atoms with E-state index >= 15 is 0 Å². The van der Waals surface area contributed by atoms with E-state index in [0.717, 1.165) is 32.5 Å². The molecule has 0 bridgehead atoms. The Morgan fingerprint density at radius 3 is 2.64 bits per heavy atom. The van der Waals surface area contributed by atoms with Gasteiger partial charge in [-0.3, -0.25) is 9.88 Å². The first kappa shape index (κ1) is 17.4. The molecule has 0 unspecified atom stereocenters. The van der Waals surface area contributed by atoms with E-state index in [1.165, 1.54) is 17.8 Å². The van der Waals surface area contributed by atoms with Crippen molar-refractivity contribution in [2.24, 2.45) is 10.7 Å². The summed E-state index contributed by atoms with van der Waals surface area (Å²) in [6, 6.07) is 13.9. The zero-order valence-corrected chi connectivity index (χ0v) is 14.2. The van der Waals surface area contributed by atoms with Gasteiger partial charge in [0.05, 0.1) is 18.4 Å². The molecule has 0 spiro atoms. The maximum absolute atomic E-state index is 12.8. The molecular formula is C19H24FN5. The van der Waals surface area contributed by atoms with Crippen LogP contribution in [-0.4, -0.2) is 35.0 Å². The van der Waals surface area contributed by atoms with E-state index in [4.69, 9.17) is 5.73 Å². The van der Waals surface area contributed by atoms with Crippen molar-refractivity contribution in [3.63, 3.8) is 0 Å². The number of guanidine groups is 1. The van der Waals surface area contributed by atoms with Crippen molar-refractivity contribution in [1.82, 2.24) is 15.2 Å². The number of benzene rings is 1. The minimum atomic E-state index is -0.346. The van der Waals surface area contributed by atoms with Gasteiger partial charge in [0.25, 0.3) is 0 Å². The second-order valence-electron chi connectivity index (χ2n) is 6.35. The number of nitrogens with one attached hydrogen (secondary N) is 1. The Morgan fingerprint density at radius 1 is 1.20 bits per heavy atom. The number of pyridine rings is 1. The Kier molecular flexibility index (Phi) is 5.95. The van der Waals surface area contributed by atoms with Gasteiger partial charge >= 0.3 is 0 Å². The molecule has 1 aliphatic rings. The van der Waals surface area contributed by atoms with Crippen molar-refractivity contribution in [2.75, 3.05) is 13.1 Å². The smallest absolute Gasteiger partial charge is 0.189 e. The fourth-order valence-electron chi connectivity index (χ4n) is 3.00. The lowest BCUT2D eigenvalue weighted by Gasteiger charge is -2.32. The highest BCUT2D eigenvalue weighted by Gasteiger charge is 2.19. The molecule has 5 nitrogen and oxygen atoms in total. The van der Waals surface area contributed by atoms with E-state index in [1.54, 1.807) is 6.07 Å². The number of rotatable bonds is 5. The van der Waals surface area contributed by atoms with Crippen LogP contribution in [0.5, 0.6) is 0 Å². The summed E-state index contributed by atoms with van der Waals surface area (Å²) < 4.78 is 12.8. The Labute approximate surface area is 147 Å². The van der Waals surface area contributed by atoms with Crippen molar-refractivity contribution in [3.8, 4) is 0 Å². The van der Waals surface area contributed by atoms with Crippen LogP contribution in [0.4, 0.5) is 4.39 Å². The van der Waals surface area contributed by atoms with Crippen molar-refractivity contribution in [2.45, 2.75) is 32.0 Å². The van der Waals surface area contributed by atoms with E-state index in [0.29, 0.717) is 24.2 Å². The summed E-state index contributed by atoms with van der Waals surface area (Å²) in [5, 5.41) is 3.28. The van der Waals surface area contributed by atoms with Crippen molar-refractivity contribution in [3.05, 3.63) is 65.7 Å². The second kappa shape index (κ2) is 8.58. The maximum Gasteiger partial charge on any atom is 0.189 e. The first-order chi connectivity index (χ1) is 12.2. The normalized spacial score (nSPS) is 16.8. The fourth-order valence-corrected chi connectivity index (χ4v) is 3.00. The molecule has 6 heteroatoms. The summed E-state index contributed by atoms with van der Waals surface area (Å²) >= 11 is 0. The summed E-state index contributed by atoms with van der Waals surface area (Å²) in [5.74, 6) is 0.0775. The van der Waals surface area contributed by atoms with Gasteiger partial charge in [-0.25, -0.2) is 9.38 Å². The first-order valence-corrected chi connectivity index (χ1v) is 8.62. The average Bonchev–Trinajstić information content (AvgIpc) is 2.64. The molecule has 0 radical (unpaired) electrons. The number of piperidine rings is 1. The molecular weight excluding hydrogens is 317 g/mol. The molecule has 2 aromatic rings. The van der Waals surface area contributed by atoms with Gasteiger partial charge in [-0.2, -0.15) is 0 Å². The molecule has 2 heterocycles. The highest BCUT2D eigenvalue weighted by molar-refractivity contribution is 5.78. The molecule has 0 aliphatic carbocycles. The summed E-state index contributed by atoms with van der Waals surface area (Å²) in [6.45, 7) is 3.43. The van der Waals surface area contributed by atoms with Crippen molar-refractivity contribution >= 4 is 5.96 Å². The summed E-state index contributed by atoms with van der Waals surface area (Å²) in [5.41, 5.74) is 8.01. The second-order valence-corrected chi connectivity index (χ2v) is 6.35. The molecule has 1 aromatic heterocycles. The first-order valence-electron chi connectivity index (χ1n) is 8.62. The molecule has 25 heavy (non-hydrogen) atoms. The van der Waals surface area contributed by atoms with Crippen LogP contribution < -0.4 is 11.1 Å². The van der Waals surface area contributed by atoms with Gasteiger partial charge in [-0.05, 0) is 30.5 Å². The Morgan fingerprint density at radius 2 is 1.96 bits per heavy atom. The topological polar surface area (TPSA) is 66.5 Å². The molecule has 132 valence electrons. The number of halogens is 1. The van der Waals surface area contributed by atoms with Crippen LogP contribution >= 0.6 is 0 Å². The molecule has 3 rings (SSSR count). The van der Waals surface area contributed by atoms with Gasteiger partial charge in [0.1, 0.15) is 5.82 Å². The van der Waals surface area contributed by atoms with E-state index in [1.807, 2.05) is 6.07 Å². The molecule has 1 aliphatic heterocycles. The number of aliphatic imine (C=N–C) groups is 1. The average molecular weight is 341 g/mol. The predicted molar refractivity (Wildman–Crippen MR) is 97.4 cm³/mol. The van der Waals surface area contributed by atoms with Crippen LogP contribution in [0.3, 0.4) is 0 Å². The van der Waals surface area contributed by atoms with Gasteiger partial charge in [0.15, 0.2) is 5.96 Å². The molecule has 1 aromatic carbocycles. The van der Waals surface area contributed by atoms with Gasteiger partial charge in [-0.15, -0.1) is 0 Å². The Balaban J connectivity index is 1.42. The lowest BCUT2D eigenvalue weighted by molar-refractivity contribution is 0.199. The lowest BCUT2D eigenvalue weighted by atomic mass is 10.0. The minimum absolute atomic E-state index is 0.344. The molecule has 0 saturated carbocycles. The standard InChI is InChI=1S/C19H24FN5/c20-16-6-7-18(22-12-16)13-23-19(21)24-17-8-10-25(11-9-17)14-15-4-2-1-3-5-15/h1-7,12,17H,8-11,13-14H2,(H3,21,23,24). The number of nitrogens with two attached hydrogens (primary N) is 1. The number of hydrogen-bond acceptors (Lipinski definition) is 3. The number of likely N-dealkylation sites (tertiary alicyclic amines) is 1. The SMILES string of the molecule is NC(=NCc1ccc(F)cn1)NC1CCN(Cc2ccccc2)CC1. The van der Waals surface area contributed by atoms with Gasteiger partial charge in [-0.1, -0.05) is 30.3 Å². The highest BCUT2D eigenvalue weighted by atomic mass is 19.1. The van der Waals surface area contributed by atoms with Crippen LogP contribution in [0, 0.1) is 5.82 Å². The van der Waals surface area contributed by atoms with Gasteiger partial charge in [0.2, 0.25) is 0 Å². The molecule has 3 N–H and O–H groups in total. The van der Waals surface area contributed by atoms with E-state index in [-0.39, 0.29) is 5.82 Å². The number of nitrogens with zero attached hydrogens (tertiary/aromatic N) is 3. The van der Waals surface area contributed by atoms with Gasteiger partial charge < -0.3 is 11.1 Å². The van der Waals surface area contributed by atoms with Crippen LogP contribution in [0.2, 0.25) is 0 Å². The zero-order chi connectivity index (χ0) is 17.5. The summed E-state index contributed by atoms with van der Waals surface area (Å²) in [4.78, 5) is 10.7. The number of aromatic nitrogens is 1. The van der Waals surface area contributed by atoms with E-state index < -0.39 is 0 Å². The monoisotopic (exact) mass is 341 g/mol. The maximum atomic E-state index is 12.8. The highest BCUT2D eigenvalue weighted by Crippen LogP contribution is 2.13. The van der Waals surface area contributed by atoms with Crippen molar-refractivity contribution < 1.29 is 4.39 Å².